The molecule has 5 heteroatoms. The summed E-state index contributed by atoms with van der Waals surface area (Å²) in [4.78, 5) is 18.4. The van der Waals surface area contributed by atoms with Crippen molar-refractivity contribution in [2.45, 2.75) is 26.3 Å². The molecule has 2 heterocycles. The van der Waals surface area contributed by atoms with Gasteiger partial charge in [0, 0.05) is 38.8 Å². The van der Waals surface area contributed by atoms with Crippen LogP contribution >= 0.6 is 0 Å². The SMILES string of the molecule is CCNCc1ccc(N2CCC(C(=O)NC)CC2)nc1. The maximum absolute atomic E-state index is 11.6. The molecule has 1 aliphatic rings. The van der Waals surface area contributed by atoms with Crippen molar-refractivity contribution in [1.82, 2.24) is 15.6 Å². The van der Waals surface area contributed by atoms with Crippen molar-refractivity contribution in [3.63, 3.8) is 0 Å². The summed E-state index contributed by atoms with van der Waals surface area (Å²) < 4.78 is 0. The van der Waals surface area contributed by atoms with Crippen LogP contribution in [0, 0.1) is 5.92 Å². The molecule has 0 aliphatic carbocycles. The highest BCUT2D eigenvalue weighted by molar-refractivity contribution is 5.78. The molecule has 2 N–H and O–H groups in total. The van der Waals surface area contributed by atoms with Crippen molar-refractivity contribution in [1.29, 1.82) is 0 Å². The second-order valence-corrected chi connectivity index (χ2v) is 5.18. The average molecular weight is 276 g/mol. The molecule has 0 radical (unpaired) electrons. The highest BCUT2D eigenvalue weighted by Crippen LogP contribution is 2.21. The fourth-order valence-corrected chi connectivity index (χ4v) is 2.55. The normalized spacial score (nSPS) is 16.2. The topological polar surface area (TPSA) is 57.3 Å². The van der Waals surface area contributed by atoms with E-state index in [4.69, 9.17) is 0 Å². The van der Waals surface area contributed by atoms with E-state index < -0.39 is 0 Å². The number of nitrogens with one attached hydrogen (secondary N) is 2. The molecule has 0 saturated carbocycles. The van der Waals surface area contributed by atoms with Gasteiger partial charge in [-0.25, -0.2) is 4.98 Å². The molecule has 0 aromatic carbocycles. The standard InChI is InChI=1S/C15H24N4O/c1-3-17-10-12-4-5-14(18-11-12)19-8-6-13(7-9-19)15(20)16-2/h4-5,11,13,17H,3,6-10H2,1-2H3,(H,16,20). The molecule has 0 spiro atoms. The van der Waals surface area contributed by atoms with Crippen LogP contribution < -0.4 is 15.5 Å². The number of carbonyl (C=O) groups is 1. The van der Waals surface area contributed by atoms with E-state index in [1.54, 1.807) is 7.05 Å². The number of anilines is 1. The lowest BCUT2D eigenvalue weighted by Gasteiger charge is -2.32. The van der Waals surface area contributed by atoms with Crippen LogP contribution in [0.4, 0.5) is 5.82 Å². The van der Waals surface area contributed by atoms with Crippen LogP contribution in [-0.2, 0) is 11.3 Å². The lowest BCUT2D eigenvalue weighted by Crippen LogP contribution is -2.39. The Hall–Kier alpha value is -1.62. The maximum atomic E-state index is 11.6. The molecule has 1 fully saturated rings. The van der Waals surface area contributed by atoms with Crippen LogP contribution in [-0.4, -0.2) is 37.6 Å². The highest BCUT2D eigenvalue weighted by atomic mass is 16.1. The molecule has 20 heavy (non-hydrogen) atoms. The Balaban J connectivity index is 1.88. The van der Waals surface area contributed by atoms with Gasteiger partial charge in [0.15, 0.2) is 0 Å². The molecule has 0 bridgehead atoms. The largest absolute Gasteiger partial charge is 0.359 e. The first-order valence-electron chi connectivity index (χ1n) is 7.36. The van der Waals surface area contributed by atoms with E-state index in [-0.39, 0.29) is 11.8 Å². The molecule has 0 atom stereocenters. The number of pyridine rings is 1. The van der Waals surface area contributed by atoms with Gasteiger partial charge in [-0.3, -0.25) is 4.79 Å². The number of piperidine rings is 1. The van der Waals surface area contributed by atoms with E-state index in [9.17, 15) is 4.79 Å². The summed E-state index contributed by atoms with van der Waals surface area (Å²) >= 11 is 0. The predicted molar refractivity (Wildman–Crippen MR) is 80.6 cm³/mol. The van der Waals surface area contributed by atoms with Gasteiger partial charge >= 0.3 is 0 Å². The van der Waals surface area contributed by atoms with Gasteiger partial charge in [-0.1, -0.05) is 13.0 Å². The zero-order chi connectivity index (χ0) is 14.4. The Morgan fingerprint density at radius 1 is 1.40 bits per heavy atom. The fourth-order valence-electron chi connectivity index (χ4n) is 2.55. The smallest absolute Gasteiger partial charge is 0.222 e. The molecule has 1 aromatic heterocycles. The van der Waals surface area contributed by atoms with Crippen molar-refractivity contribution in [2.24, 2.45) is 5.92 Å². The molecule has 2 rings (SSSR count). The van der Waals surface area contributed by atoms with Crippen molar-refractivity contribution < 1.29 is 4.79 Å². The Morgan fingerprint density at radius 3 is 2.70 bits per heavy atom. The molecule has 1 amide bonds. The summed E-state index contributed by atoms with van der Waals surface area (Å²) in [6, 6.07) is 4.20. The fraction of sp³-hybridized carbons (Fsp3) is 0.600. The predicted octanol–water partition coefficient (Wildman–Crippen LogP) is 1.15. The zero-order valence-electron chi connectivity index (χ0n) is 12.4. The zero-order valence-corrected chi connectivity index (χ0v) is 12.4. The van der Waals surface area contributed by atoms with E-state index >= 15 is 0 Å². The van der Waals surface area contributed by atoms with Gasteiger partial charge in [-0.2, -0.15) is 0 Å². The Bertz CT molecular complexity index is 424. The number of rotatable bonds is 5. The lowest BCUT2D eigenvalue weighted by atomic mass is 9.96. The number of hydrogen-bond donors (Lipinski definition) is 2. The number of aromatic nitrogens is 1. The molecular weight excluding hydrogens is 252 g/mol. The van der Waals surface area contributed by atoms with E-state index in [1.807, 2.05) is 6.20 Å². The lowest BCUT2D eigenvalue weighted by molar-refractivity contribution is -0.125. The first-order chi connectivity index (χ1) is 9.74. The van der Waals surface area contributed by atoms with Gasteiger partial charge in [0.05, 0.1) is 0 Å². The van der Waals surface area contributed by atoms with Crippen molar-refractivity contribution in [3.8, 4) is 0 Å². The van der Waals surface area contributed by atoms with Gasteiger partial charge in [-0.05, 0) is 31.0 Å². The minimum atomic E-state index is 0.157. The molecule has 1 saturated heterocycles. The van der Waals surface area contributed by atoms with Gasteiger partial charge in [-0.15, -0.1) is 0 Å². The van der Waals surface area contributed by atoms with Crippen LogP contribution in [0.5, 0.6) is 0 Å². The van der Waals surface area contributed by atoms with Crippen molar-refractivity contribution in [3.05, 3.63) is 23.9 Å². The summed E-state index contributed by atoms with van der Waals surface area (Å²) in [5.74, 6) is 1.34. The Morgan fingerprint density at radius 2 is 2.15 bits per heavy atom. The first kappa shape index (κ1) is 14.8. The van der Waals surface area contributed by atoms with E-state index in [0.717, 1.165) is 44.8 Å². The number of hydrogen-bond acceptors (Lipinski definition) is 4. The van der Waals surface area contributed by atoms with E-state index in [0.29, 0.717) is 0 Å². The van der Waals surface area contributed by atoms with Crippen LogP contribution in [0.3, 0.4) is 0 Å². The van der Waals surface area contributed by atoms with Crippen LogP contribution in [0.25, 0.3) is 0 Å². The van der Waals surface area contributed by atoms with E-state index in [2.05, 4.69) is 39.6 Å². The number of carbonyl (C=O) groups excluding carboxylic acids is 1. The van der Waals surface area contributed by atoms with Crippen LogP contribution in [0.2, 0.25) is 0 Å². The van der Waals surface area contributed by atoms with Crippen molar-refractivity contribution in [2.75, 3.05) is 31.6 Å². The number of nitrogens with zero attached hydrogens (tertiary/aromatic N) is 2. The van der Waals surface area contributed by atoms with Crippen molar-refractivity contribution >= 4 is 11.7 Å². The molecule has 1 aliphatic heterocycles. The third-order valence-corrected chi connectivity index (χ3v) is 3.82. The quantitative estimate of drug-likeness (QED) is 0.847. The van der Waals surface area contributed by atoms with Crippen LogP contribution in [0.1, 0.15) is 25.3 Å². The Kier molecular flexibility index (Phi) is 5.35. The van der Waals surface area contributed by atoms with E-state index in [1.165, 1.54) is 5.56 Å². The Labute approximate surface area is 120 Å². The third kappa shape index (κ3) is 3.70. The number of amides is 1. The monoisotopic (exact) mass is 276 g/mol. The molecular formula is C15H24N4O. The van der Waals surface area contributed by atoms with Gasteiger partial charge in [0.1, 0.15) is 5.82 Å². The highest BCUT2D eigenvalue weighted by Gasteiger charge is 2.24. The minimum Gasteiger partial charge on any atom is -0.359 e. The van der Waals surface area contributed by atoms with Gasteiger partial charge < -0.3 is 15.5 Å². The summed E-state index contributed by atoms with van der Waals surface area (Å²) in [7, 11) is 1.71. The molecule has 1 aromatic rings. The molecule has 110 valence electrons. The third-order valence-electron chi connectivity index (χ3n) is 3.82. The molecule has 5 nitrogen and oxygen atoms in total. The second kappa shape index (κ2) is 7.24. The van der Waals surface area contributed by atoms with Gasteiger partial charge in [0.2, 0.25) is 5.91 Å². The second-order valence-electron chi connectivity index (χ2n) is 5.18. The molecule has 0 unspecified atom stereocenters. The summed E-state index contributed by atoms with van der Waals surface area (Å²) in [6.07, 6.45) is 3.74. The first-order valence-corrected chi connectivity index (χ1v) is 7.36. The maximum Gasteiger partial charge on any atom is 0.222 e. The minimum absolute atomic E-state index is 0.157. The summed E-state index contributed by atoms with van der Waals surface area (Å²) in [5, 5.41) is 6.03. The van der Waals surface area contributed by atoms with Gasteiger partial charge in [0.25, 0.3) is 0 Å². The average Bonchev–Trinajstić information content (AvgIpc) is 2.53. The summed E-state index contributed by atoms with van der Waals surface area (Å²) in [5.41, 5.74) is 1.20. The summed E-state index contributed by atoms with van der Waals surface area (Å²) in [6.45, 7) is 5.73. The van der Waals surface area contributed by atoms with Crippen LogP contribution in [0.15, 0.2) is 18.3 Å².